The number of nitrogens with zero attached hydrogens (tertiary/aromatic N) is 2. The van der Waals surface area contributed by atoms with Crippen molar-refractivity contribution in [3.63, 3.8) is 0 Å². The number of fused-ring (bicyclic) bond motifs is 1. The molecule has 2 aromatic carbocycles. The van der Waals surface area contributed by atoms with E-state index in [1.807, 2.05) is 31.1 Å². The molecule has 0 aliphatic carbocycles. The molecule has 3 rings (SSSR count). The van der Waals surface area contributed by atoms with Gasteiger partial charge < -0.3 is 19.3 Å². The molecule has 2 aromatic rings. The van der Waals surface area contributed by atoms with Crippen LogP contribution in [0.15, 0.2) is 47.4 Å². The van der Waals surface area contributed by atoms with Gasteiger partial charge in [0.1, 0.15) is 11.6 Å². The molecule has 0 saturated carbocycles. The van der Waals surface area contributed by atoms with Crippen molar-refractivity contribution in [2.45, 2.75) is 23.2 Å². The standard InChI is InChI=1S/C22H25FN2O4S/c1-14(26)29-20-21(15-5-8-17(28-4)9-6-15)30-19-13-16(23)7-10-18(19)25(22(20)27)12-11-24(2)3/h5-10,13,20-21H,11-12H2,1-4H3/t20-,21+/m0/s1. The zero-order valence-electron chi connectivity index (χ0n) is 17.4. The van der Waals surface area contributed by atoms with Crippen LogP contribution in [0, 0.1) is 5.82 Å². The topological polar surface area (TPSA) is 59.1 Å². The van der Waals surface area contributed by atoms with Crippen LogP contribution >= 0.6 is 11.8 Å². The second-order valence-corrected chi connectivity index (χ2v) is 8.43. The van der Waals surface area contributed by atoms with Crippen LogP contribution in [0.2, 0.25) is 0 Å². The molecule has 8 heteroatoms. The van der Waals surface area contributed by atoms with Crippen molar-refractivity contribution < 1.29 is 23.5 Å². The number of carbonyl (C=O) groups is 2. The second-order valence-electron chi connectivity index (χ2n) is 7.25. The Hall–Kier alpha value is -2.58. The summed E-state index contributed by atoms with van der Waals surface area (Å²) in [5, 5.41) is -0.530. The molecule has 0 radical (unpaired) electrons. The van der Waals surface area contributed by atoms with Gasteiger partial charge in [-0.25, -0.2) is 4.39 Å². The summed E-state index contributed by atoms with van der Waals surface area (Å²) in [6.45, 7) is 2.27. The van der Waals surface area contributed by atoms with Gasteiger partial charge in [0.15, 0.2) is 6.10 Å². The van der Waals surface area contributed by atoms with Crippen LogP contribution in [-0.2, 0) is 14.3 Å². The Balaban J connectivity index is 2.09. The van der Waals surface area contributed by atoms with Crippen LogP contribution in [-0.4, -0.2) is 57.2 Å². The summed E-state index contributed by atoms with van der Waals surface area (Å²) in [5.74, 6) is -0.588. The highest BCUT2D eigenvalue weighted by Gasteiger charge is 2.40. The molecule has 0 spiro atoms. The lowest BCUT2D eigenvalue weighted by Crippen LogP contribution is -2.45. The predicted molar refractivity (Wildman–Crippen MR) is 114 cm³/mol. The van der Waals surface area contributed by atoms with Crippen LogP contribution in [0.4, 0.5) is 10.1 Å². The lowest BCUT2D eigenvalue weighted by molar-refractivity contribution is -0.152. The van der Waals surface area contributed by atoms with Crippen LogP contribution in [0.1, 0.15) is 17.7 Å². The van der Waals surface area contributed by atoms with Crippen molar-refractivity contribution in [1.29, 1.82) is 0 Å². The third-order valence-electron chi connectivity index (χ3n) is 4.76. The first-order valence-electron chi connectivity index (χ1n) is 9.53. The molecule has 0 aromatic heterocycles. The fourth-order valence-electron chi connectivity index (χ4n) is 3.26. The summed E-state index contributed by atoms with van der Waals surface area (Å²) in [5.41, 5.74) is 1.39. The van der Waals surface area contributed by atoms with Gasteiger partial charge in [-0.3, -0.25) is 9.59 Å². The van der Waals surface area contributed by atoms with Crippen molar-refractivity contribution >= 4 is 29.3 Å². The number of esters is 1. The van der Waals surface area contributed by atoms with Crippen LogP contribution in [0.5, 0.6) is 5.75 Å². The van der Waals surface area contributed by atoms with Gasteiger partial charge in [0.05, 0.1) is 18.0 Å². The van der Waals surface area contributed by atoms with Crippen molar-refractivity contribution in [2.24, 2.45) is 0 Å². The van der Waals surface area contributed by atoms with Gasteiger partial charge in [-0.15, -0.1) is 11.8 Å². The van der Waals surface area contributed by atoms with Gasteiger partial charge in [-0.1, -0.05) is 12.1 Å². The monoisotopic (exact) mass is 432 g/mol. The molecule has 0 N–H and O–H groups in total. The Kier molecular flexibility index (Phi) is 6.99. The molecule has 2 atom stereocenters. The van der Waals surface area contributed by atoms with Crippen LogP contribution < -0.4 is 9.64 Å². The van der Waals surface area contributed by atoms with E-state index in [2.05, 4.69) is 0 Å². The summed E-state index contributed by atoms with van der Waals surface area (Å²) in [7, 11) is 5.39. The predicted octanol–water partition coefficient (Wildman–Crippen LogP) is 3.51. The first kappa shape index (κ1) is 22.1. The fraction of sp³-hybridized carbons (Fsp3) is 0.364. The normalized spacial score (nSPS) is 18.7. The summed E-state index contributed by atoms with van der Waals surface area (Å²) in [4.78, 5) is 29.6. The van der Waals surface area contributed by atoms with E-state index in [1.165, 1.54) is 30.8 Å². The van der Waals surface area contributed by atoms with Crippen LogP contribution in [0.3, 0.4) is 0 Å². The molecule has 1 aliphatic heterocycles. The molecule has 160 valence electrons. The van der Waals surface area contributed by atoms with Gasteiger partial charge in [-0.2, -0.15) is 0 Å². The van der Waals surface area contributed by atoms with E-state index >= 15 is 0 Å². The largest absolute Gasteiger partial charge is 0.497 e. The zero-order valence-corrected chi connectivity index (χ0v) is 18.2. The second kappa shape index (κ2) is 9.49. The molecule has 1 amide bonds. The Morgan fingerprint density at radius 2 is 1.90 bits per heavy atom. The number of thioether (sulfide) groups is 1. The van der Waals surface area contributed by atoms with Crippen molar-refractivity contribution in [1.82, 2.24) is 4.90 Å². The Bertz CT molecular complexity index is 920. The smallest absolute Gasteiger partial charge is 0.303 e. The average molecular weight is 433 g/mol. The van der Waals surface area contributed by atoms with Gasteiger partial charge >= 0.3 is 5.97 Å². The number of hydrogen-bond donors (Lipinski definition) is 0. The molecular weight excluding hydrogens is 407 g/mol. The zero-order chi connectivity index (χ0) is 21.8. The first-order chi connectivity index (χ1) is 14.3. The van der Waals surface area contributed by atoms with Crippen molar-refractivity contribution in [3.8, 4) is 5.75 Å². The first-order valence-corrected chi connectivity index (χ1v) is 10.4. The minimum absolute atomic E-state index is 0.328. The van der Waals surface area contributed by atoms with E-state index in [-0.39, 0.29) is 11.7 Å². The maximum atomic E-state index is 14.1. The molecule has 0 saturated heterocycles. The fourth-order valence-corrected chi connectivity index (χ4v) is 4.61. The number of benzene rings is 2. The third-order valence-corrected chi connectivity index (χ3v) is 6.11. The number of carbonyl (C=O) groups excluding carboxylic acids is 2. The summed E-state index contributed by atoms with van der Waals surface area (Å²) < 4.78 is 24.8. The molecule has 0 fully saturated rings. The van der Waals surface area contributed by atoms with Gasteiger partial charge in [0.2, 0.25) is 0 Å². The number of amides is 1. The number of anilines is 1. The van der Waals surface area contributed by atoms with E-state index < -0.39 is 17.3 Å². The van der Waals surface area contributed by atoms with Gasteiger partial charge in [-0.05, 0) is 50.0 Å². The van der Waals surface area contributed by atoms with E-state index in [0.717, 1.165) is 5.56 Å². The molecule has 1 aliphatic rings. The maximum Gasteiger partial charge on any atom is 0.303 e. The van der Waals surface area contributed by atoms with Crippen molar-refractivity contribution in [2.75, 3.05) is 39.2 Å². The number of methoxy groups -OCH3 is 1. The van der Waals surface area contributed by atoms with Gasteiger partial charge in [0, 0.05) is 24.9 Å². The van der Waals surface area contributed by atoms with E-state index in [4.69, 9.17) is 9.47 Å². The molecule has 1 heterocycles. The summed E-state index contributed by atoms with van der Waals surface area (Å²) in [6, 6.07) is 11.6. The number of hydrogen-bond acceptors (Lipinski definition) is 6. The number of ether oxygens (including phenoxy) is 2. The van der Waals surface area contributed by atoms with Gasteiger partial charge in [0.25, 0.3) is 5.91 Å². The third kappa shape index (κ3) is 4.94. The number of halogens is 1. The van der Waals surface area contributed by atoms with E-state index in [0.29, 0.717) is 29.4 Å². The maximum absolute atomic E-state index is 14.1. The highest BCUT2D eigenvalue weighted by atomic mass is 32.2. The summed E-state index contributed by atoms with van der Waals surface area (Å²) >= 11 is 1.32. The minimum atomic E-state index is -1.04. The Labute approximate surface area is 179 Å². The molecule has 6 nitrogen and oxygen atoms in total. The highest BCUT2D eigenvalue weighted by Crippen LogP contribution is 2.47. The van der Waals surface area contributed by atoms with E-state index in [9.17, 15) is 14.0 Å². The minimum Gasteiger partial charge on any atom is -0.497 e. The lowest BCUT2D eigenvalue weighted by Gasteiger charge is -2.28. The lowest BCUT2D eigenvalue weighted by atomic mass is 10.1. The number of likely N-dealkylation sites (N-methyl/N-ethyl adjacent to an activating group) is 1. The summed E-state index contributed by atoms with van der Waals surface area (Å²) in [6.07, 6.45) is -1.04. The molecular formula is C22H25FN2O4S. The Morgan fingerprint density at radius 1 is 1.20 bits per heavy atom. The Morgan fingerprint density at radius 3 is 2.50 bits per heavy atom. The molecule has 0 unspecified atom stereocenters. The quantitative estimate of drug-likeness (QED) is 0.651. The highest BCUT2D eigenvalue weighted by molar-refractivity contribution is 7.99. The SMILES string of the molecule is COc1ccc([C@H]2Sc3cc(F)ccc3N(CCN(C)C)C(=O)[C@H]2OC(C)=O)cc1. The molecule has 30 heavy (non-hydrogen) atoms. The van der Waals surface area contributed by atoms with E-state index in [1.54, 1.807) is 30.2 Å². The average Bonchev–Trinajstić information content (AvgIpc) is 2.81. The molecule has 0 bridgehead atoms. The van der Waals surface area contributed by atoms with Crippen molar-refractivity contribution in [3.05, 3.63) is 53.8 Å². The number of rotatable bonds is 6. The van der Waals surface area contributed by atoms with Crippen LogP contribution in [0.25, 0.3) is 0 Å².